The fourth-order valence-electron chi connectivity index (χ4n) is 2.60. The van der Waals surface area contributed by atoms with E-state index in [0.29, 0.717) is 19.1 Å². The molecule has 0 unspecified atom stereocenters. The third-order valence-corrected chi connectivity index (χ3v) is 3.60. The monoisotopic (exact) mass is 264 g/mol. The Morgan fingerprint density at radius 3 is 2.95 bits per heavy atom. The fourth-order valence-corrected chi connectivity index (χ4v) is 2.60. The molecule has 0 aliphatic heterocycles. The van der Waals surface area contributed by atoms with Crippen LogP contribution in [0.5, 0.6) is 0 Å². The Hall–Kier alpha value is -1.16. The third-order valence-electron chi connectivity index (χ3n) is 3.60. The summed E-state index contributed by atoms with van der Waals surface area (Å²) in [6.45, 7) is 2.91. The molecule has 0 atom stereocenters. The van der Waals surface area contributed by atoms with Gasteiger partial charge in [-0.3, -0.25) is 9.48 Å². The Bertz CT molecular complexity index is 395. The summed E-state index contributed by atoms with van der Waals surface area (Å²) in [7, 11) is 0. The van der Waals surface area contributed by atoms with E-state index in [0.717, 1.165) is 12.1 Å². The second-order valence-corrected chi connectivity index (χ2v) is 5.35. The van der Waals surface area contributed by atoms with Crippen LogP contribution in [0.15, 0.2) is 12.3 Å². The summed E-state index contributed by atoms with van der Waals surface area (Å²) < 4.78 is 7.31. The predicted molar refractivity (Wildman–Crippen MR) is 74.2 cm³/mol. The number of hydrogen-bond acceptors (Lipinski definition) is 3. The van der Waals surface area contributed by atoms with Crippen LogP contribution in [0, 0.1) is 0 Å². The number of hydrogen-bond donors (Lipinski definition) is 0. The average Bonchev–Trinajstić information content (AvgIpc) is 2.88. The van der Waals surface area contributed by atoms with Gasteiger partial charge in [0.1, 0.15) is 6.61 Å². The maximum Gasteiger partial charge on any atom is 0.164 e. The molecule has 2 rings (SSSR count). The zero-order valence-corrected chi connectivity index (χ0v) is 11.8. The highest BCUT2D eigenvalue weighted by atomic mass is 16.5. The molecule has 19 heavy (non-hydrogen) atoms. The number of Topliss-reactive ketones (excluding diaryl/α,β-unsaturated/α-hetero) is 1. The highest BCUT2D eigenvalue weighted by molar-refractivity contribution is 5.81. The number of aromatic nitrogens is 2. The summed E-state index contributed by atoms with van der Waals surface area (Å²) in [6.07, 6.45) is 9.73. The van der Waals surface area contributed by atoms with Crippen molar-refractivity contribution in [1.82, 2.24) is 9.78 Å². The minimum absolute atomic E-state index is 0.113. The van der Waals surface area contributed by atoms with Crippen molar-refractivity contribution >= 4 is 5.78 Å². The van der Waals surface area contributed by atoms with Crippen molar-refractivity contribution in [2.75, 3.05) is 13.2 Å². The third kappa shape index (κ3) is 4.46. The Labute approximate surface area is 115 Å². The van der Waals surface area contributed by atoms with Gasteiger partial charge in [0.05, 0.1) is 18.2 Å². The first-order chi connectivity index (χ1) is 9.29. The maximum absolute atomic E-state index is 11.7. The first kappa shape index (κ1) is 14.3. The van der Waals surface area contributed by atoms with E-state index in [4.69, 9.17) is 4.74 Å². The van der Waals surface area contributed by atoms with Gasteiger partial charge in [0.2, 0.25) is 0 Å². The number of rotatable bonds is 7. The van der Waals surface area contributed by atoms with Gasteiger partial charge >= 0.3 is 0 Å². The van der Waals surface area contributed by atoms with E-state index < -0.39 is 0 Å². The van der Waals surface area contributed by atoms with E-state index in [2.05, 4.69) is 9.78 Å². The molecule has 106 valence electrons. The van der Waals surface area contributed by atoms with E-state index in [9.17, 15) is 4.79 Å². The Kier molecular flexibility index (Phi) is 5.58. The van der Waals surface area contributed by atoms with E-state index >= 15 is 0 Å². The topological polar surface area (TPSA) is 44.1 Å². The predicted octanol–water partition coefficient (Wildman–Crippen LogP) is 2.93. The molecule has 0 spiro atoms. The van der Waals surface area contributed by atoms with Gasteiger partial charge in [0, 0.05) is 12.8 Å². The SMILES string of the molecule is CCCOCC(=O)Cc1ccn(C2CCCCC2)n1. The van der Waals surface area contributed by atoms with Gasteiger partial charge in [-0.05, 0) is 25.3 Å². The zero-order valence-electron chi connectivity index (χ0n) is 11.8. The molecule has 1 saturated carbocycles. The van der Waals surface area contributed by atoms with Crippen LogP contribution in [0.1, 0.15) is 57.2 Å². The second kappa shape index (κ2) is 7.43. The van der Waals surface area contributed by atoms with Gasteiger partial charge in [0.25, 0.3) is 0 Å². The van der Waals surface area contributed by atoms with Crippen molar-refractivity contribution in [2.24, 2.45) is 0 Å². The molecule has 1 aliphatic rings. The van der Waals surface area contributed by atoms with Gasteiger partial charge < -0.3 is 4.74 Å². The quantitative estimate of drug-likeness (QED) is 0.711. The molecule has 0 saturated heterocycles. The van der Waals surface area contributed by atoms with Crippen LogP contribution in [-0.4, -0.2) is 28.8 Å². The van der Waals surface area contributed by atoms with Crippen LogP contribution >= 0.6 is 0 Å². The van der Waals surface area contributed by atoms with Crippen LogP contribution in [0.25, 0.3) is 0 Å². The molecule has 1 heterocycles. The van der Waals surface area contributed by atoms with Gasteiger partial charge in [-0.15, -0.1) is 0 Å². The number of carbonyl (C=O) groups is 1. The number of ether oxygens (including phenoxy) is 1. The lowest BCUT2D eigenvalue weighted by molar-refractivity contribution is -0.123. The normalized spacial score (nSPS) is 16.7. The minimum atomic E-state index is 0.113. The number of carbonyl (C=O) groups excluding carboxylic acids is 1. The highest BCUT2D eigenvalue weighted by Gasteiger charge is 2.16. The lowest BCUT2D eigenvalue weighted by Crippen LogP contribution is -2.15. The van der Waals surface area contributed by atoms with E-state index in [-0.39, 0.29) is 12.4 Å². The molecule has 0 bridgehead atoms. The molecule has 1 aromatic rings. The molecular weight excluding hydrogens is 240 g/mol. The standard InChI is InChI=1S/C15H24N2O2/c1-2-10-19-12-15(18)11-13-8-9-17(16-13)14-6-4-3-5-7-14/h8-9,14H,2-7,10-12H2,1H3. The van der Waals surface area contributed by atoms with Crippen molar-refractivity contribution in [3.63, 3.8) is 0 Å². The minimum Gasteiger partial charge on any atom is -0.374 e. The van der Waals surface area contributed by atoms with Gasteiger partial charge in [-0.25, -0.2) is 0 Å². The number of ketones is 1. The van der Waals surface area contributed by atoms with Crippen LogP contribution < -0.4 is 0 Å². The molecule has 1 aromatic heterocycles. The lowest BCUT2D eigenvalue weighted by atomic mass is 9.96. The first-order valence-corrected chi connectivity index (χ1v) is 7.43. The largest absolute Gasteiger partial charge is 0.374 e. The molecule has 4 nitrogen and oxygen atoms in total. The average molecular weight is 264 g/mol. The van der Waals surface area contributed by atoms with Crippen LogP contribution in [0.3, 0.4) is 0 Å². The van der Waals surface area contributed by atoms with Crippen molar-refractivity contribution in [3.8, 4) is 0 Å². The summed E-state index contributed by atoms with van der Waals surface area (Å²) in [4.78, 5) is 11.7. The molecule has 0 N–H and O–H groups in total. The van der Waals surface area contributed by atoms with Crippen molar-refractivity contribution in [3.05, 3.63) is 18.0 Å². The van der Waals surface area contributed by atoms with Gasteiger partial charge in [-0.2, -0.15) is 5.10 Å². The smallest absolute Gasteiger partial charge is 0.164 e. The summed E-state index contributed by atoms with van der Waals surface area (Å²) in [5.74, 6) is 0.113. The molecule has 1 fully saturated rings. The van der Waals surface area contributed by atoms with E-state index in [1.807, 2.05) is 19.2 Å². The summed E-state index contributed by atoms with van der Waals surface area (Å²) >= 11 is 0. The van der Waals surface area contributed by atoms with Gasteiger partial charge in [-0.1, -0.05) is 26.2 Å². The van der Waals surface area contributed by atoms with Crippen molar-refractivity contribution < 1.29 is 9.53 Å². The van der Waals surface area contributed by atoms with Gasteiger partial charge in [0.15, 0.2) is 5.78 Å². The maximum atomic E-state index is 11.7. The van der Waals surface area contributed by atoms with E-state index in [1.165, 1.54) is 32.1 Å². The second-order valence-electron chi connectivity index (χ2n) is 5.35. The molecule has 0 aromatic carbocycles. The highest BCUT2D eigenvalue weighted by Crippen LogP contribution is 2.27. The summed E-state index contributed by atoms with van der Waals surface area (Å²) in [5.41, 5.74) is 0.871. The summed E-state index contributed by atoms with van der Waals surface area (Å²) in [5, 5.41) is 4.54. The lowest BCUT2D eigenvalue weighted by Gasteiger charge is -2.21. The first-order valence-electron chi connectivity index (χ1n) is 7.43. The number of nitrogens with zero attached hydrogens (tertiary/aromatic N) is 2. The fraction of sp³-hybridized carbons (Fsp3) is 0.733. The summed E-state index contributed by atoms with van der Waals surface area (Å²) in [6, 6.07) is 2.50. The Morgan fingerprint density at radius 2 is 2.21 bits per heavy atom. The Morgan fingerprint density at radius 1 is 1.42 bits per heavy atom. The van der Waals surface area contributed by atoms with E-state index in [1.54, 1.807) is 0 Å². The van der Waals surface area contributed by atoms with Crippen molar-refractivity contribution in [1.29, 1.82) is 0 Å². The molecule has 0 radical (unpaired) electrons. The zero-order chi connectivity index (χ0) is 13.5. The molecule has 4 heteroatoms. The Balaban J connectivity index is 1.81. The van der Waals surface area contributed by atoms with Crippen molar-refractivity contribution in [2.45, 2.75) is 57.9 Å². The molecular formula is C15H24N2O2. The van der Waals surface area contributed by atoms with Crippen LogP contribution in [0.4, 0.5) is 0 Å². The molecule has 1 aliphatic carbocycles. The van der Waals surface area contributed by atoms with Crippen LogP contribution in [-0.2, 0) is 16.0 Å². The van der Waals surface area contributed by atoms with Crippen LogP contribution in [0.2, 0.25) is 0 Å². The molecule has 0 amide bonds.